The molecule has 0 aliphatic carbocycles. The number of hydrogen-bond acceptors (Lipinski definition) is 9. The number of aromatic nitrogens is 6. The number of nitrogens with zero attached hydrogens (tertiary/aromatic N) is 6. The van der Waals surface area contributed by atoms with Crippen LogP contribution >= 0.6 is 46.4 Å². The number of hydrogen-bond donors (Lipinski definition) is 3. The first-order valence-corrected chi connectivity index (χ1v) is 17.5. The summed E-state index contributed by atoms with van der Waals surface area (Å²) in [7, 11) is 0. The van der Waals surface area contributed by atoms with Gasteiger partial charge < -0.3 is 15.7 Å². The molecule has 7 rings (SSSR count). The van der Waals surface area contributed by atoms with Gasteiger partial charge in [-0.05, 0) is 72.5 Å². The SMILES string of the molecule is Cc1nc(NCC(C)C)c(-c2ccc(Cl)c(Cl)c2)c(-c2ccncc2)n1.O=c1nc(-c2ccncc2)c(-c2ccc(Cl)c(Cl)c2)c2n1C(O)CN2. The molecule has 0 saturated heterocycles. The Morgan fingerprint density at radius 3 is 1.82 bits per heavy atom. The molecule has 0 bridgehead atoms. The summed E-state index contributed by atoms with van der Waals surface area (Å²) in [4.78, 5) is 34.1. The van der Waals surface area contributed by atoms with Crippen molar-refractivity contribution < 1.29 is 5.11 Å². The van der Waals surface area contributed by atoms with Crippen molar-refractivity contribution >= 4 is 58.0 Å². The second-order valence-electron chi connectivity index (χ2n) is 12.0. The summed E-state index contributed by atoms with van der Waals surface area (Å²) in [5.41, 5.74) is 5.73. The molecule has 1 atom stereocenters. The molecule has 10 nitrogen and oxygen atoms in total. The molecule has 0 amide bonds. The van der Waals surface area contributed by atoms with Crippen molar-refractivity contribution in [3.8, 4) is 44.8 Å². The van der Waals surface area contributed by atoms with Crippen molar-refractivity contribution in [2.75, 3.05) is 23.7 Å². The van der Waals surface area contributed by atoms with Gasteiger partial charge in [0.1, 0.15) is 17.5 Å². The monoisotopic (exact) mass is 760 g/mol. The Morgan fingerprint density at radius 2 is 1.29 bits per heavy atom. The van der Waals surface area contributed by atoms with Crippen LogP contribution in [0.1, 0.15) is 25.9 Å². The number of benzene rings is 2. The zero-order valence-corrected chi connectivity index (χ0v) is 30.7. The molecule has 260 valence electrons. The maximum atomic E-state index is 12.4. The molecule has 4 aromatic heterocycles. The lowest BCUT2D eigenvalue weighted by Gasteiger charge is -2.17. The molecule has 1 unspecified atom stereocenters. The van der Waals surface area contributed by atoms with Crippen molar-refractivity contribution in [3.05, 3.63) is 122 Å². The van der Waals surface area contributed by atoms with Crippen LogP contribution in [0.2, 0.25) is 20.1 Å². The third-order valence-electron chi connectivity index (χ3n) is 7.90. The predicted molar refractivity (Wildman–Crippen MR) is 206 cm³/mol. The Hall–Kier alpha value is -4.58. The van der Waals surface area contributed by atoms with E-state index in [1.54, 1.807) is 61.2 Å². The molecule has 3 N–H and O–H groups in total. The average molecular weight is 763 g/mol. The van der Waals surface area contributed by atoms with E-state index < -0.39 is 11.9 Å². The van der Waals surface area contributed by atoms with E-state index in [0.29, 0.717) is 48.9 Å². The van der Waals surface area contributed by atoms with Crippen molar-refractivity contribution in [2.45, 2.75) is 27.0 Å². The van der Waals surface area contributed by atoms with Gasteiger partial charge in [0.15, 0.2) is 6.23 Å². The maximum Gasteiger partial charge on any atom is 0.351 e. The smallest absolute Gasteiger partial charge is 0.351 e. The topological polar surface area (TPSA) is 131 Å². The van der Waals surface area contributed by atoms with E-state index in [9.17, 15) is 9.90 Å². The number of pyridine rings is 2. The normalized spacial score (nSPS) is 13.3. The number of halogens is 4. The van der Waals surface area contributed by atoms with Crippen LogP contribution in [0.4, 0.5) is 11.6 Å². The van der Waals surface area contributed by atoms with Crippen LogP contribution < -0.4 is 16.3 Å². The summed E-state index contributed by atoms with van der Waals surface area (Å²) in [6, 6.07) is 18.2. The first-order chi connectivity index (χ1) is 24.5. The quantitative estimate of drug-likeness (QED) is 0.146. The van der Waals surface area contributed by atoms with E-state index in [4.69, 9.17) is 51.4 Å². The van der Waals surface area contributed by atoms with Crippen molar-refractivity contribution in [1.29, 1.82) is 0 Å². The van der Waals surface area contributed by atoms with Gasteiger partial charge in [-0.2, -0.15) is 4.98 Å². The number of aliphatic hydroxyl groups is 1. The molecule has 51 heavy (non-hydrogen) atoms. The van der Waals surface area contributed by atoms with Crippen LogP contribution in [-0.2, 0) is 0 Å². The molecule has 2 aromatic carbocycles. The first-order valence-electron chi connectivity index (χ1n) is 15.9. The molecule has 0 fully saturated rings. The highest BCUT2D eigenvalue weighted by Crippen LogP contribution is 2.41. The van der Waals surface area contributed by atoms with E-state index in [1.807, 2.05) is 31.2 Å². The number of nitrogens with one attached hydrogen (secondary N) is 2. The maximum absolute atomic E-state index is 12.4. The van der Waals surface area contributed by atoms with Gasteiger partial charge in [0.05, 0.1) is 43.6 Å². The molecule has 0 radical (unpaired) electrons. The number of aliphatic hydroxyl groups excluding tert-OH is 1. The van der Waals surface area contributed by atoms with Crippen LogP contribution in [0.15, 0.2) is 90.2 Å². The van der Waals surface area contributed by atoms with E-state index in [1.165, 1.54) is 4.57 Å². The van der Waals surface area contributed by atoms with Gasteiger partial charge in [-0.25, -0.2) is 19.3 Å². The number of anilines is 2. The highest BCUT2D eigenvalue weighted by Gasteiger charge is 2.28. The summed E-state index contributed by atoms with van der Waals surface area (Å²) in [5, 5.41) is 18.5. The van der Waals surface area contributed by atoms with Crippen molar-refractivity contribution in [2.24, 2.45) is 5.92 Å². The van der Waals surface area contributed by atoms with Crippen LogP contribution in [0.5, 0.6) is 0 Å². The molecular formula is C37H32Cl4N8O2. The molecule has 14 heteroatoms. The Morgan fingerprint density at radius 1 is 0.765 bits per heavy atom. The molecule has 1 aliphatic rings. The highest BCUT2D eigenvalue weighted by molar-refractivity contribution is 6.42. The fraction of sp³-hybridized carbons (Fsp3) is 0.189. The van der Waals surface area contributed by atoms with E-state index >= 15 is 0 Å². The summed E-state index contributed by atoms with van der Waals surface area (Å²) in [6.07, 6.45) is 5.80. The van der Waals surface area contributed by atoms with Gasteiger partial charge in [-0.1, -0.05) is 72.4 Å². The lowest BCUT2D eigenvalue weighted by molar-refractivity contribution is 0.127. The zero-order valence-electron chi connectivity index (χ0n) is 27.7. The first kappa shape index (κ1) is 36.2. The summed E-state index contributed by atoms with van der Waals surface area (Å²) < 4.78 is 1.24. The third-order valence-corrected chi connectivity index (χ3v) is 9.38. The Balaban J connectivity index is 0.000000176. The molecular weight excluding hydrogens is 730 g/mol. The Kier molecular flexibility index (Phi) is 11.2. The van der Waals surface area contributed by atoms with Crippen molar-refractivity contribution in [1.82, 2.24) is 29.5 Å². The lowest BCUT2D eigenvalue weighted by Crippen LogP contribution is -2.25. The minimum Gasteiger partial charge on any atom is -0.371 e. The predicted octanol–water partition coefficient (Wildman–Crippen LogP) is 9.08. The standard InChI is InChI=1S/C20H20Cl2N4.C17H12Cl2N4O2/c1-12(2)11-24-20-18(15-4-5-16(21)17(22)10-15)19(25-13(3)26-20)14-6-8-23-9-7-14;18-11-2-1-10(7-12(11)19)14-15(9-3-5-20-6-4-9)22-17(25)23-13(24)8-21-16(14)23/h4-10,12H,11H2,1-3H3,(H,24,25,26);1-7,13,21,24H,8H2. The number of rotatable bonds is 7. The summed E-state index contributed by atoms with van der Waals surface area (Å²) in [5.74, 6) is 2.47. The fourth-order valence-electron chi connectivity index (χ4n) is 5.55. The zero-order chi connectivity index (χ0) is 36.2. The minimum atomic E-state index is -0.969. The Bertz CT molecular complexity index is 2250. The largest absolute Gasteiger partial charge is 0.371 e. The van der Waals surface area contributed by atoms with Gasteiger partial charge in [0.25, 0.3) is 0 Å². The number of fused-ring (bicyclic) bond motifs is 1. The van der Waals surface area contributed by atoms with Crippen LogP contribution in [0.25, 0.3) is 44.8 Å². The van der Waals surface area contributed by atoms with Gasteiger partial charge in [0, 0.05) is 48.0 Å². The van der Waals surface area contributed by atoms with Crippen LogP contribution in [0, 0.1) is 12.8 Å². The number of β-amino-alcohol motifs (C(OH)–C–C–N with tert-alkyl or cyclic N) is 1. The van der Waals surface area contributed by atoms with Crippen LogP contribution in [0.3, 0.4) is 0 Å². The van der Waals surface area contributed by atoms with Crippen molar-refractivity contribution in [3.63, 3.8) is 0 Å². The molecule has 6 aromatic rings. The highest BCUT2D eigenvalue weighted by atomic mass is 35.5. The van der Waals surface area contributed by atoms with Gasteiger partial charge >= 0.3 is 5.69 Å². The van der Waals surface area contributed by atoms with Gasteiger partial charge in [-0.15, -0.1) is 0 Å². The average Bonchev–Trinajstić information content (AvgIpc) is 3.52. The fourth-order valence-corrected chi connectivity index (χ4v) is 6.15. The Labute approximate surface area is 314 Å². The number of aryl methyl sites for hydroxylation is 1. The van der Waals surface area contributed by atoms with Gasteiger partial charge in [0.2, 0.25) is 0 Å². The van der Waals surface area contributed by atoms with Gasteiger partial charge in [-0.3, -0.25) is 9.97 Å². The third kappa shape index (κ3) is 8.01. The molecule has 1 aliphatic heterocycles. The minimum absolute atomic E-state index is 0.227. The summed E-state index contributed by atoms with van der Waals surface area (Å²) >= 11 is 24.6. The lowest BCUT2D eigenvalue weighted by atomic mass is 9.99. The van der Waals surface area contributed by atoms with E-state index in [2.05, 4.69) is 44.4 Å². The molecule has 5 heterocycles. The summed E-state index contributed by atoms with van der Waals surface area (Å²) in [6.45, 7) is 7.24. The second kappa shape index (κ2) is 15.8. The second-order valence-corrected chi connectivity index (χ2v) is 13.7. The van der Waals surface area contributed by atoms with E-state index in [-0.39, 0.29) is 6.54 Å². The molecule has 0 saturated carbocycles. The van der Waals surface area contributed by atoms with E-state index in [0.717, 1.165) is 45.9 Å². The molecule has 0 spiro atoms. The van der Waals surface area contributed by atoms with Crippen LogP contribution in [-0.4, -0.2) is 47.7 Å².